The molecule has 0 aliphatic carbocycles. The van der Waals surface area contributed by atoms with Crippen LogP contribution >= 0.6 is 0 Å². The van der Waals surface area contributed by atoms with Crippen molar-refractivity contribution in [1.82, 2.24) is 0 Å². The van der Waals surface area contributed by atoms with Gasteiger partial charge in [0.25, 0.3) is 5.95 Å². The summed E-state index contributed by atoms with van der Waals surface area (Å²) in [6.45, 7) is 0. The summed E-state index contributed by atoms with van der Waals surface area (Å²) in [5, 5.41) is 73.7. The van der Waals surface area contributed by atoms with Crippen LogP contribution in [0.3, 0.4) is 0 Å². The summed E-state index contributed by atoms with van der Waals surface area (Å²) in [5.74, 6) is -12.2. The molecule has 15 nitrogen and oxygen atoms in total. The van der Waals surface area contributed by atoms with Gasteiger partial charge in [-0.1, -0.05) is 24.3 Å². The van der Waals surface area contributed by atoms with Gasteiger partial charge in [0.05, 0.1) is 28.4 Å². The summed E-state index contributed by atoms with van der Waals surface area (Å²) in [6.07, 6.45) is 0. The Hall–Kier alpha value is -5.91. The number of allylic oxidation sites excluding steroid dienone is 2. The van der Waals surface area contributed by atoms with Crippen molar-refractivity contribution in [2.45, 2.75) is 0 Å². The number of aliphatic hydroxyl groups excluding tert-OH is 1. The Kier molecular flexibility index (Phi) is 8.74. The molecule has 3 aliphatic rings. The molecule has 3 heterocycles. The van der Waals surface area contributed by atoms with E-state index in [1.165, 1.54) is 24.3 Å². The van der Waals surface area contributed by atoms with E-state index in [4.69, 9.17) is 14.2 Å². The fraction of sp³-hybridized carbons (Fsp3) is 0. The van der Waals surface area contributed by atoms with Crippen molar-refractivity contribution in [1.29, 1.82) is 0 Å². The number of aliphatic hydroxyl groups is 1. The largest absolute Gasteiger partial charge is 1.00 e. The van der Waals surface area contributed by atoms with Crippen LogP contribution in [0, 0.1) is 0 Å². The number of aliphatic carboxylic acids is 2. The summed E-state index contributed by atoms with van der Waals surface area (Å²) in [5.41, 5.74) is -3.89. The van der Waals surface area contributed by atoms with E-state index in [1.807, 2.05) is 0 Å². The van der Waals surface area contributed by atoms with Crippen molar-refractivity contribution in [3.63, 3.8) is 0 Å². The number of benzene rings is 4. The first kappa shape index (κ1) is 34.9. The van der Waals surface area contributed by atoms with E-state index in [1.54, 1.807) is 0 Å². The van der Waals surface area contributed by atoms with Gasteiger partial charge < -0.3 is 50.0 Å². The number of carbonyl (C=O) groups is 5. The minimum Gasteiger partial charge on any atom is -0.574 e. The van der Waals surface area contributed by atoms with Gasteiger partial charge in [-0.05, 0) is 70.1 Å². The molecule has 16 heteroatoms. The number of phenolic OH excluding ortho intramolecular Hbond substituents is 3. The predicted molar refractivity (Wildman–Crippen MR) is 165 cm³/mol. The number of rotatable bonds is 6. The van der Waals surface area contributed by atoms with Crippen LogP contribution in [0.5, 0.6) is 23.0 Å². The maximum absolute atomic E-state index is 13.8. The Balaban J connectivity index is 0.00000448. The Bertz CT molecular complexity index is 2430. The van der Waals surface area contributed by atoms with E-state index in [9.17, 15) is 59.7 Å². The van der Waals surface area contributed by atoms with Crippen LogP contribution in [0.2, 0.25) is 0 Å². The number of carbonyl (C=O) groups excluding carboxylic acids is 3. The Morgan fingerprint density at radius 1 is 0.627 bits per heavy atom. The molecule has 0 aromatic heterocycles. The Morgan fingerprint density at radius 3 is 1.67 bits per heavy atom. The van der Waals surface area contributed by atoms with E-state index in [2.05, 4.69) is 0 Å². The van der Waals surface area contributed by atoms with Crippen LogP contribution in [-0.4, -0.2) is 60.1 Å². The zero-order chi connectivity index (χ0) is 35.8. The molecule has 0 saturated carbocycles. The number of hydrogen-bond donors (Lipinski definition) is 6. The van der Waals surface area contributed by atoms with Gasteiger partial charge in [0.1, 0.15) is 22.6 Å². The number of carboxylic acid groups (broad SMARTS) is 2. The third kappa shape index (κ3) is 5.60. The van der Waals surface area contributed by atoms with Crippen molar-refractivity contribution in [3.8, 4) is 23.0 Å². The van der Waals surface area contributed by atoms with Crippen molar-refractivity contribution >= 4 is 62.5 Å². The van der Waals surface area contributed by atoms with E-state index in [0.717, 1.165) is 42.5 Å². The average molecular weight is 717 g/mol. The molecule has 4 aromatic rings. The summed E-state index contributed by atoms with van der Waals surface area (Å²) in [7, 11) is 0. The van der Waals surface area contributed by atoms with Crippen LogP contribution in [0.15, 0.2) is 90.1 Å². The van der Waals surface area contributed by atoms with E-state index < -0.39 is 80.9 Å². The summed E-state index contributed by atoms with van der Waals surface area (Å²) < 4.78 is 15.6. The van der Waals surface area contributed by atoms with Gasteiger partial charge in [0, 0.05) is 5.39 Å². The smallest absolute Gasteiger partial charge is 0.574 e. The number of aromatic hydroxyl groups is 3. The molecule has 7 rings (SSSR count). The van der Waals surface area contributed by atoms with Gasteiger partial charge in [0.2, 0.25) is 11.6 Å². The second-order valence-corrected chi connectivity index (χ2v) is 10.9. The van der Waals surface area contributed by atoms with E-state index in [0.29, 0.717) is 0 Å². The minimum absolute atomic E-state index is 0. The summed E-state index contributed by atoms with van der Waals surface area (Å²) in [6, 6.07) is 12.5. The van der Waals surface area contributed by atoms with Crippen LogP contribution in [0.4, 0.5) is 0 Å². The molecule has 3 aliphatic heterocycles. The quantitative estimate of drug-likeness (QED) is 0.0661. The fourth-order valence-corrected chi connectivity index (χ4v) is 5.85. The number of Topliss-reactive ketones (excluding diaryl/α,β-unsaturated/α-hetero) is 2. The molecule has 51 heavy (non-hydrogen) atoms. The van der Waals surface area contributed by atoms with Crippen molar-refractivity contribution in [2.75, 3.05) is 0 Å². The van der Waals surface area contributed by atoms with Gasteiger partial charge in [-0.3, -0.25) is 9.59 Å². The molecule has 0 fully saturated rings. The normalized spacial score (nSPS) is 16.9. The van der Waals surface area contributed by atoms with E-state index in [-0.39, 0.29) is 107 Å². The summed E-state index contributed by atoms with van der Waals surface area (Å²) in [4.78, 5) is 64.9. The second-order valence-electron chi connectivity index (χ2n) is 10.9. The first-order valence-corrected chi connectivity index (χ1v) is 14.2. The molecule has 0 atom stereocenters. The third-order valence-electron chi connectivity index (χ3n) is 8.01. The van der Waals surface area contributed by atoms with E-state index >= 15 is 0 Å². The number of ketones is 2. The Morgan fingerprint density at radius 2 is 1.14 bits per heavy atom. The monoisotopic (exact) mass is 716 g/mol. The first-order chi connectivity index (χ1) is 23.8. The first-order valence-electron chi connectivity index (χ1n) is 14.2. The van der Waals surface area contributed by atoms with Gasteiger partial charge in [-0.25, -0.2) is 14.4 Å². The third-order valence-corrected chi connectivity index (χ3v) is 8.01. The molecular weight excluding hydrogens is 699 g/mol. The molecular formula is C35H17KO15. The number of phenols is 3. The minimum atomic E-state index is -1.66. The van der Waals surface area contributed by atoms with Crippen LogP contribution in [-0.2, 0) is 28.7 Å². The van der Waals surface area contributed by atoms with Gasteiger partial charge >= 0.3 is 69.3 Å². The van der Waals surface area contributed by atoms with Crippen LogP contribution in [0.1, 0.15) is 32.6 Å². The van der Waals surface area contributed by atoms with Gasteiger partial charge in [-0.2, -0.15) is 0 Å². The SMILES string of the molecule is O=C1C(c2cc3c4c(c(O)cc(C5=C([O-])O/C(=C(/C(=O)O)c6ccc(O)cc6)C5=O)c4c2)OC3=O)=C(O)O/C1=C(/C(=O)O)c1ccc(O)cc1.[K+]. The molecule has 0 amide bonds. The molecule has 0 unspecified atom stereocenters. The van der Waals surface area contributed by atoms with Crippen molar-refractivity contribution in [2.24, 2.45) is 0 Å². The zero-order valence-corrected chi connectivity index (χ0v) is 28.8. The van der Waals surface area contributed by atoms with Crippen LogP contribution < -0.4 is 61.2 Å². The topological polar surface area (TPSA) is 257 Å². The van der Waals surface area contributed by atoms with Gasteiger partial charge in [0.15, 0.2) is 17.3 Å². The predicted octanol–water partition coefficient (Wildman–Crippen LogP) is -0.0609. The molecule has 6 N–H and O–H groups in total. The standard InChI is InChI=1S/C35H18O15.K/c36-15-5-1-12(2-6-15)22(31(41)42)29-26(39)21(34(46)49-29)14-9-17-18(11-20(38)28-24(17)19(10-14)33(45)48-28)25-27(40)30(50-35(25)47)23(32(43)44)13-3-7-16(37)8-4-13;/h1-11,36-38,46-47H,(H,41,42)(H,43,44);/q;+1/p-1/b29-22+,30-23+;. The Labute approximate surface area is 326 Å². The number of ether oxygens (including phenoxy) is 3. The number of esters is 1. The maximum Gasteiger partial charge on any atom is 1.00 e. The molecule has 4 aromatic carbocycles. The van der Waals surface area contributed by atoms with Gasteiger partial charge in [-0.15, -0.1) is 0 Å². The maximum atomic E-state index is 13.8. The molecule has 0 bridgehead atoms. The molecule has 248 valence electrons. The van der Waals surface area contributed by atoms with Crippen molar-refractivity contribution in [3.05, 3.63) is 118 Å². The number of carboxylic acids is 2. The number of hydrogen-bond acceptors (Lipinski definition) is 13. The summed E-state index contributed by atoms with van der Waals surface area (Å²) >= 11 is 0. The average Bonchev–Trinajstić information content (AvgIpc) is 3.66. The van der Waals surface area contributed by atoms with Crippen molar-refractivity contribution < 1.29 is 125 Å². The molecule has 0 spiro atoms. The van der Waals surface area contributed by atoms with Crippen LogP contribution in [0.25, 0.3) is 33.1 Å². The fourth-order valence-electron chi connectivity index (χ4n) is 5.85. The zero-order valence-electron chi connectivity index (χ0n) is 25.7. The molecule has 0 saturated heterocycles. The molecule has 0 radical (unpaired) electrons. The second kappa shape index (κ2) is 12.8.